The molecule has 0 spiro atoms. The van der Waals surface area contributed by atoms with Crippen molar-refractivity contribution in [3.05, 3.63) is 34.9 Å². The highest BCUT2D eigenvalue weighted by atomic mass is 19.4. The number of alkyl halides is 3. The average Bonchev–Trinajstić information content (AvgIpc) is 2.41. The Morgan fingerprint density at radius 1 is 1.43 bits per heavy atom. The molecule has 0 unspecified atom stereocenters. The lowest BCUT2D eigenvalue weighted by Crippen LogP contribution is -2.27. The number of fused-ring (bicyclic) bond motifs is 1. The van der Waals surface area contributed by atoms with Crippen LogP contribution in [0.5, 0.6) is 5.75 Å². The first-order valence-electron chi connectivity index (χ1n) is 6.23. The van der Waals surface area contributed by atoms with Gasteiger partial charge in [0.05, 0.1) is 29.9 Å². The second-order valence-corrected chi connectivity index (χ2v) is 4.43. The van der Waals surface area contributed by atoms with Crippen LogP contribution in [0, 0.1) is 0 Å². The first-order chi connectivity index (χ1) is 9.85. The average molecular weight is 302 g/mol. The Labute approximate surface area is 117 Å². The first kappa shape index (κ1) is 15.3. The highest BCUT2D eigenvalue weighted by Gasteiger charge is 2.31. The summed E-state index contributed by atoms with van der Waals surface area (Å²) in [5.41, 5.74) is -0.257. The Hall–Kier alpha value is -2.09. The van der Waals surface area contributed by atoms with E-state index in [0.717, 1.165) is 12.1 Å². The van der Waals surface area contributed by atoms with Gasteiger partial charge in [-0.25, -0.2) is 4.98 Å². The Bertz CT molecular complexity index is 693. The van der Waals surface area contributed by atoms with E-state index in [1.54, 1.807) is 6.92 Å². The van der Waals surface area contributed by atoms with Gasteiger partial charge in [-0.1, -0.05) is 6.92 Å². The predicted octanol–water partition coefficient (Wildman–Crippen LogP) is 2.24. The summed E-state index contributed by atoms with van der Waals surface area (Å²) < 4.78 is 41.6. The molecule has 0 aliphatic heterocycles. The molecule has 2 rings (SSSR count). The molecule has 1 N–H and O–H groups in total. The number of benzene rings is 1. The third-order valence-electron chi connectivity index (χ3n) is 3.06. The number of hydrogen-bond donors (Lipinski definition) is 1. The van der Waals surface area contributed by atoms with E-state index in [4.69, 9.17) is 0 Å². The lowest BCUT2D eigenvalue weighted by molar-refractivity contribution is -0.274. The minimum absolute atomic E-state index is 0.00569. The summed E-state index contributed by atoms with van der Waals surface area (Å²) in [6, 6.07) is 2.90. The van der Waals surface area contributed by atoms with Gasteiger partial charge in [-0.05, 0) is 24.6 Å². The smallest absolute Gasteiger partial charge is 0.406 e. The molecule has 1 atom stereocenters. The highest BCUT2D eigenvalue weighted by molar-refractivity contribution is 5.78. The second-order valence-electron chi connectivity index (χ2n) is 4.43. The molecule has 0 amide bonds. The van der Waals surface area contributed by atoms with Crippen LogP contribution < -0.4 is 10.3 Å². The number of halogens is 3. The fraction of sp³-hybridized carbons (Fsp3) is 0.385. The number of aliphatic hydroxyl groups is 1. The van der Waals surface area contributed by atoms with Crippen LogP contribution >= 0.6 is 0 Å². The molecule has 0 radical (unpaired) electrons. The van der Waals surface area contributed by atoms with Gasteiger partial charge in [0.2, 0.25) is 0 Å². The normalized spacial score (nSPS) is 13.4. The van der Waals surface area contributed by atoms with E-state index in [-0.39, 0.29) is 17.5 Å². The third-order valence-corrected chi connectivity index (χ3v) is 3.06. The molecule has 0 saturated carbocycles. The monoisotopic (exact) mass is 302 g/mol. The summed E-state index contributed by atoms with van der Waals surface area (Å²) >= 11 is 0. The van der Waals surface area contributed by atoms with Crippen molar-refractivity contribution in [2.75, 3.05) is 6.61 Å². The molecule has 5 nitrogen and oxygen atoms in total. The molecule has 1 aromatic heterocycles. The van der Waals surface area contributed by atoms with Gasteiger partial charge in [0, 0.05) is 0 Å². The van der Waals surface area contributed by atoms with Crippen molar-refractivity contribution in [3.63, 3.8) is 0 Å². The summed E-state index contributed by atoms with van der Waals surface area (Å²) in [5, 5.41) is 9.23. The van der Waals surface area contributed by atoms with Crippen LogP contribution in [-0.4, -0.2) is 27.6 Å². The molecular formula is C13H13F3N2O3. The number of ether oxygens (including phenoxy) is 1. The second kappa shape index (κ2) is 5.72. The van der Waals surface area contributed by atoms with Gasteiger partial charge in [-0.3, -0.25) is 9.36 Å². The zero-order valence-corrected chi connectivity index (χ0v) is 11.1. The van der Waals surface area contributed by atoms with Crippen molar-refractivity contribution >= 4 is 10.9 Å². The van der Waals surface area contributed by atoms with E-state index in [2.05, 4.69) is 9.72 Å². The zero-order valence-electron chi connectivity index (χ0n) is 11.1. The summed E-state index contributed by atoms with van der Waals surface area (Å²) in [6.45, 7) is 1.52. The topological polar surface area (TPSA) is 64.3 Å². The van der Waals surface area contributed by atoms with E-state index < -0.39 is 23.7 Å². The Morgan fingerprint density at radius 3 is 2.71 bits per heavy atom. The summed E-state index contributed by atoms with van der Waals surface area (Å²) in [7, 11) is 0. The van der Waals surface area contributed by atoms with Crippen molar-refractivity contribution in [1.82, 2.24) is 9.55 Å². The lowest BCUT2D eigenvalue weighted by Gasteiger charge is -2.15. The summed E-state index contributed by atoms with van der Waals surface area (Å²) in [4.78, 5) is 16.3. The maximum absolute atomic E-state index is 12.3. The van der Waals surface area contributed by atoms with E-state index in [0.29, 0.717) is 6.42 Å². The molecule has 0 aliphatic carbocycles. The minimum atomic E-state index is -4.83. The number of hydrogen-bond acceptors (Lipinski definition) is 4. The van der Waals surface area contributed by atoms with Crippen molar-refractivity contribution < 1.29 is 23.0 Å². The van der Waals surface area contributed by atoms with Crippen LogP contribution in [0.25, 0.3) is 10.9 Å². The van der Waals surface area contributed by atoms with Crippen molar-refractivity contribution in [2.24, 2.45) is 0 Å². The number of rotatable bonds is 4. The van der Waals surface area contributed by atoms with Crippen LogP contribution in [-0.2, 0) is 0 Å². The van der Waals surface area contributed by atoms with E-state index >= 15 is 0 Å². The third kappa shape index (κ3) is 3.33. The molecule has 0 aliphatic rings. The van der Waals surface area contributed by atoms with E-state index in [9.17, 15) is 23.1 Å². The molecule has 2 aromatic rings. The van der Waals surface area contributed by atoms with E-state index in [1.807, 2.05) is 0 Å². The van der Waals surface area contributed by atoms with Crippen molar-refractivity contribution in [1.29, 1.82) is 0 Å². The molecule has 0 saturated heterocycles. The zero-order chi connectivity index (χ0) is 15.6. The van der Waals surface area contributed by atoms with Gasteiger partial charge in [0.25, 0.3) is 5.56 Å². The van der Waals surface area contributed by atoms with Gasteiger partial charge in [0.1, 0.15) is 5.75 Å². The highest BCUT2D eigenvalue weighted by Crippen LogP contribution is 2.24. The molecule has 0 bridgehead atoms. The molecule has 1 heterocycles. The van der Waals surface area contributed by atoms with Gasteiger partial charge < -0.3 is 9.84 Å². The molecule has 114 valence electrons. The Morgan fingerprint density at radius 2 is 2.14 bits per heavy atom. The maximum atomic E-state index is 12.3. The number of aromatic nitrogens is 2. The summed E-state index contributed by atoms with van der Waals surface area (Å²) in [6.07, 6.45) is -3.06. The molecule has 0 fully saturated rings. The Balaban J connectivity index is 2.54. The van der Waals surface area contributed by atoms with Crippen LogP contribution in [0.15, 0.2) is 29.3 Å². The van der Waals surface area contributed by atoms with Gasteiger partial charge in [0.15, 0.2) is 0 Å². The first-order valence-corrected chi connectivity index (χ1v) is 6.23. The Kier molecular flexibility index (Phi) is 4.17. The number of aliphatic hydroxyl groups excluding tert-OH is 1. The van der Waals surface area contributed by atoms with Gasteiger partial charge >= 0.3 is 6.36 Å². The summed E-state index contributed by atoms with van der Waals surface area (Å²) in [5.74, 6) is -0.483. The quantitative estimate of drug-likeness (QED) is 0.940. The van der Waals surface area contributed by atoms with Gasteiger partial charge in [-0.2, -0.15) is 0 Å². The molecular weight excluding hydrogens is 289 g/mol. The van der Waals surface area contributed by atoms with Crippen LogP contribution in [0.1, 0.15) is 19.4 Å². The fourth-order valence-corrected chi connectivity index (χ4v) is 1.99. The molecule has 1 aromatic carbocycles. The van der Waals surface area contributed by atoms with Crippen LogP contribution in [0.3, 0.4) is 0 Å². The van der Waals surface area contributed by atoms with Crippen molar-refractivity contribution in [2.45, 2.75) is 25.7 Å². The number of nitrogens with zero attached hydrogens (tertiary/aromatic N) is 2. The molecule has 8 heteroatoms. The minimum Gasteiger partial charge on any atom is -0.406 e. The lowest BCUT2D eigenvalue weighted by atomic mass is 10.2. The molecule has 21 heavy (non-hydrogen) atoms. The fourth-order valence-electron chi connectivity index (χ4n) is 1.99. The van der Waals surface area contributed by atoms with Crippen LogP contribution in [0.2, 0.25) is 0 Å². The van der Waals surface area contributed by atoms with Crippen LogP contribution in [0.4, 0.5) is 13.2 Å². The van der Waals surface area contributed by atoms with Gasteiger partial charge in [-0.15, -0.1) is 13.2 Å². The standard InChI is InChI=1S/C13H13F3N2O3/c1-2-8(6-19)18-7-17-11-4-3-9(21-13(14,15)16)5-10(11)12(18)20/h3-5,7-8,19H,2,6H2,1H3/t8-/m1/s1. The largest absolute Gasteiger partial charge is 0.573 e. The van der Waals surface area contributed by atoms with Crippen molar-refractivity contribution in [3.8, 4) is 5.75 Å². The van der Waals surface area contributed by atoms with E-state index in [1.165, 1.54) is 17.0 Å². The predicted molar refractivity (Wildman–Crippen MR) is 69.1 cm³/mol. The maximum Gasteiger partial charge on any atom is 0.573 e. The SMILES string of the molecule is CC[C@H](CO)n1cnc2ccc(OC(F)(F)F)cc2c1=O.